The van der Waals surface area contributed by atoms with Gasteiger partial charge in [0.05, 0.1) is 5.69 Å². The molecule has 0 fully saturated rings. The van der Waals surface area contributed by atoms with Crippen LogP contribution in [0.15, 0.2) is 30.3 Å². The maximum absolute atomic E-state index is 11.1. The molecule has 86 valence electrons. The number of nitrogens with two attached hydrogens (primary N) is 2. The van der Waals surface area contributed by atoms with Crippen molar-refractivity contribution in [1.29, 1.82) is 0 Å². The molecule has 0 bridgehead atoms. The highest BCUT2D eigenvalue weighted by Gasteiger charge is 2.08. The summed E-state index contributed by atoms with van der Waals surface area (Å²) in [6.07, 6.45) is 0. The highest BCUT2D eigenvalue weighted by atomic mass is 16.1. The Kier molecular flexibility index (Phi) is 2.74. The molecule has 0 aliphatic carbocycles. The lowest BCUT2D eigenvalue weighted by molar-refractivity contribution is 0.0995. The van der Waals surface area contributed by atoms with E-state index in [1.54, 1.807) is 0 Å². The maximum Gasteiger partial charge on any atom is 0.267 e. The van der Waals surface area contributed by atoms with Gasteiger partial charge in [-0.2, -0.15) is 0 Å². The van der Waals surface area contributed by atoms with E-state index in [9.17, 15) is 4.79 Å². The second-order valence-electron chi connectivity index (χ2n) is 3.73. The van der Waals surface area contributed by atoms with Crippen molar-refractivity contribution in [2.45, 2.75) is 6.92 Å². The third kappa shape index (κ3) is 2.39. The van der Waals surface area contributed by atoms with Crippen LogP contribution in [0.5, 0.6) is 0 Å². The van der Waals surface area contributed by atoms with Crippen molar-refractivity contribution >= 4 is 11.9 Å². The summed E-state index contributed by atoms with van der Waals surface area (Å²) in [6, 6.07) is 9.25. The Bertz CT molecular complexity index is 563. The minimum atomic E-state index is -0.618. The predicted molar refractivity (Wildman–Crippen MR) is 65.1 cm³/mol. The fourth-order valence-electron chi connectivity index (χ4n) is 1.46. The third-order valence-corrected chi connectivity index (χ3v) is 2.34. The molecular formula is C12H12N4O. The maximum atomic E-state index is 11.1. The average Bonchev–Trinajstić information content (AvgIpc) is 2.29. The molecule has 1 aromatic carbocycles. The molecular weight excluding hydrogens is 216 g/mol. The van der Waals surface area contributed by atoms with Gasteiger partial charge in [0.25, 0.3) is 5.91 Å². The first-order chi connectivity index (χ1) is 8.06. The van der Waals surface area contributed by atoms with Crippen LogP contribution in [0.25, 0.3) is 11.3 Å². The molecule has 5 heteroatoms. The fourth-order valence-corrected chi connectivity index (χ4v) is 1.46. The highest BCUT2D eigenvalue weighted by Crippen LogP contribution is 2.18. The molecule has 1 heterocycles. The normalized spacial score (nSPS) is 10.2. The van der Waals surface area contributed by atoms with Crippen molar-refractivity contribution in [2.24, 2.45) is 5.73 Å². The van der Waals surface area contributed by atoms with Gasteiger partial charge in [-0.15, -0.1) is 0 Å². The first-order valence-electron chi connectivity index (χ1n) is 5.07. The lowest BCUT2D eigenvalue weighted by Crippen LogP contribution is -2.15. The Labute approximate surface area is 98.5 Å². The van der Waals surface area contributed by atoms with Crippen molar-refractivity contribution in [3.8, 4) is 11.3 Å². The molecule has 0 radical (unpaired) electrons. The number of nitrogens with zero attached hydrogens (tertiary/aromatic N) is 2. The molecule has 1 amide bonds. The number of anilines is 1. The van der Waals surface area contributed by atoms with Gasteiger partial charge in [-0.05, 0) is 13.0 Å². The number of hydrogen-bond acceptors (Lipinski definition) is 4. The van der Waals surface area contributed by atoms with E-state index in [2.05, 4.69) is 9.97 Å². The van der Waals surface area contributed by atoms with Crippen LogP contribution in [0.4, 0.5) is 5.95 Å². The standard InChI is InChI=1S/C12H12N4O/c1-7-2-4-8(5-3-7)9-6-10(11(13)17)16-12(14)15-9/h2-6H,1H3,(H2,13,17)(H2,14,15,16). The molecule has 0 saturated carbocycles. The summed E-state index contributed by atoms with van der Waals surface area (Å²) < 4.78 is 0. The number of carbonyl (C=O) groups is 1. The Balaban J connectivity index is 2.51. The zero-order valence-electron chi connectivity index (χ0n) is 9.34. The van der Waals surface area contributed by atoms with Crippen LogP contribution in [-0.2, 0) is 0 Å². The number of carbonyl (C=O) groups excluding carboxylic acids is 1. The summed E-state index contributed by atoms with van der Waals surface area (Å²) in [7, 11) is 0. The molecule has 0 aliphatic heterocycles. The zero-order valence-corrected chi connectivity index (χ0v) is 9.34. The number of amides is 1. The van der Waals surface area contributed by atoms with Gasteiger partial charge in [-0.1, -0.05) is 29.8 Å². The molecule has 0 saturated heterocycles. The van der Waals surface area contributed by atoms with E-state index >= 15 is 0 Å². The van der Waals surface area contributed by atoms with Crippen LogP contribution in [0, 0.1) is 6.92 Å². The Morgan fingerprint density at radius 2 is 1.82 bits per heavy atom. The summed E-state index contributed by atoms with van der Waals surface area (Å²) in [5, 5.41) is 0. The van der Waals surface area contributed by atoms with E-state index in [0.29, 0.717) is 5.69 Å². The number of benzene rings is 1. The van der Waals surface area contributed by atoms with Crippen molar-refractivity contribution < 1.29 is 4.79 Å². The molecule has 17 heavy (non-hydrogen) atoms. The molecule has 1 aromatic heterocycles. The molecule has 0 unspecified atom stereocenters. The summed E-state index contributed by atoms with van der Waals surface area (Å²) in [5.41, 5.74) is 13.4. The number of rotatable bonds is 2. The van der Waals surface area contributed by atoms with Crippen LogP contribution in [0.3, 0.4) is 0 Å². The van der Waals surface area contributed by atoms with E-state index in [-0.39, 0.29) is 11.6 Å². The van der Waals surface area contributed by atoms with E-state index in [0.717, 1.165) is 11.1 Å². The minimum Gasteiger partial charge on any atom is -0.368 e. The lowest BCUT2D eigenvalue weighted by atomic mass is 10.1. The number of hydrogen-bond donors (Lipinski definition) is 2. The fraction of sp³-hybridized carbons (Fsp3) is 0.0833. The Morgan fingerprint density at radius 1 is 1.18 bits per heavy atom. The predicted octanol–water partition coefficient (Wildman–Crippen LogP) is 1.13. The van der Waals surface area contributed by atoms with Crippen molar-refractivity contribution in [3.63, 3.8) is 0 Å². The first-order valence-corrected chi connectivity index (χ1v) is 5.07. The zero-order chi connectivity index (χ0) is 12.4. The summed E-state index contributed by atoms with van der Waals surface area (Å²) in [5.74, 6) is -0.579. The van der Waals surface area contributed by atoms with Crippen molar-refractivity contribution in [2.75, 3.05) is 5.73 Å². The van der Waals surface area contributed by atoms with Crippen LogP contribution < -0.4 is 11.5 Å². The molecule has 0 aliphatic rings. The van der Waals surface area contributed by atoms with Gasteiger partial charge in [0.2, 0.25) is 5.95 Å². The first kappa shape index (κ1) is 11.1. The van der Waals surface area contributed by atoms with Gasteiger partial charge in [0, 0.05) is 5.56 Å². The Hall–Kier alpha value is -2.43. The molecule has 4 N–H and O–H groups in total. The van der Waals surface area contributed by atoms with E-state index < -0.39 is 5.91 Å². The third-order valence-electron chi connectivity index (χ3n) is 2.34. The number of aryl methyl sites for hydroxylation is 1. The van der Waals surface area contributed by atoms with Crippen LogP contribution >= 0.6 is 0 Å². The molecule has 0 spiro atoms. The van der Waals surface area contributed by atoms with Crippen LogP contribution in [0.1, 0.15) is 16.1 Å². The lowest BCUT2D eigenvalue weighted by Gasteiger charge is -2.04. The molecule has 2 rings (SSSR count). The summed E-state index contributed by atoms with van der Waals surface area (Å²) in [4.78, 5) is 18.9. The number of primary amides is 1. The molecule has 2 aromatic rings. The number of nitrogen functional groups attached to an aromatic ring is 1. The second kappa shape index (κ2) is 4.21. The van der Waals surface area contributed by atoms with Gasteiger partial charge in [-0.3, -0.25) is 4.79 Å². The quantitative estimate of drug-likeness (QED) is 0.805. The molecule has 5 nitrogen and oxygen atoms in total. The van der Waals surface area contributed by atoms with Crippen molar-refractivity contribution in [3.05, 3.63) is 41.6 Å². The average molecular weight is 228 g/mol. The van der Waals surface area contributed by atoms with E-state index in [1.807, 2.05) is 31.2 Å². The van der Waals surface area contributed by atoms with Gasteiger partial charge in [-0.25, -0.2) is 9.97 Å². The minimum absolute atomic E-state index is 0.0388. The summed E-state index contributed by atoms with van der Waals surface area (Å²) >= 11 is 0. The van der Waals surface area contributed by atoms with Crippen LogP contribution in [0.2, 0.25) is 0 Å². The van der Waals surface area contributed by atoms with Gasteiger partial charge >= 0.3 is 0 Å². The number of aromatic nitrogens is 2. The summed E-state index contributed by atoms with van der Waals surface area (Å²) in [6.45, 7) is 1.99. The van der Waals surface area contributed by atoms with Gasteiger partial charge in [0.1, 0.15) is 5.69 Å². The monoisotopic (exact) mass is 228 g/mol. The van der Waals surface area contributed by atoms with E-state index in [4.69, 9.17) is 11.5 Å². The SMILES string of the molecule is Cc1ccc(-c2cc(C(N)=O)nc(N)n2)cc1. The largest absolute Gasteiger partial charge is 0.368 e. The van der Waals surface area contributed by atoms with Crippen molar-refractivity contribution in [1.82, 2.24) is 9.97 Å². The second-order valence-corrected chi connectivity index (χ2v) is 3.73. The van der Waals surface area contributed by atoms with E-state index in [1.165, 1.54) is 6.07 Å². The van der Waals surface area contributed by atoms with Gasteiger partial charge in [0.15, 0.2) is 0 Å². The van der Waals surface area contributed by atoms with Gasteiger partial charge < -0.3 is 11.5 Å². The molecule has 0 atom stereocenters. The topological polar surface area (TPSA) is 94.9 Å². The Morgan fingerprint density at radius 3 is 2.41 bits per heavy atom. The highest BCUT2D eigenvalue weighted by molar-refractivity contribution is 5.92. The van der Waals surface area contributed by atoms with Crippen LogP contribution in [-0.4, -0.2) is 15.9 Å². The smallest absolute Gasteiger partial charge is 0.267 e.